The maximum Gasteiger partial charge on any atom is 0.333 e. The molecule has 0 rings (SSSR count). The van der Waals surface area contributed by atoms with E-state index in [0.29, 0.717) is 12.2 Å². The van der Waals surface area contributed by atoms with Crippen LogP contribution in [-0.4, -0.2) is 31.4 Å². The molecule has 14 heavy (non-hydrogen) atoms. The average molecular weight is 232 g/mol. The molecule has 0 radical (unpaired) electrons. The van der Waals surface area contributed by atoms with Gasteiger partial charge in [-0.1, -0.05) is 12.6 Å². The highest BCUT2D eigenvalue weighted by atomic mass is 28.3. The number of ether oxygens (including phenoxy) is 1. The highest BCUT2D eigenvalue weighted by Crippen LogP contribution is 1.97. The molecule has 0 heterocycles. The molecule has 0 N–H and O–H groups in total. The van der Waals surface area contributed by atoms with E-state index in [1.165, 1.54) is 0 Å². The van der Waals surface area contributed by atoms with Crippen molar-refractivity contribution in [3.05, 3.63) is 11.3 Å². The third-order valence-corrected chi connectivity index (χ3v) is 5.79. The first kappa shape index (κ1) is 13.6. The normalized spacial score (nSPS) is 12.8. The van der Waals surface area contributed by atoms with E-state index in [2.05, 4.69) is 13.1 Å². The van der Waals surface area contributed by atoms with Crippen LogP contribution >= 0.6 is 0 Å². The monoisotopic (exact) mass is 232 g/mol. The van der Waals surface area contributed by atoms with Crippen molar-refractivity contribution in [2.24, 2.45) is 0 Å². The Labute approximate surface area is 90.2 Å². The molecule has 0 saturated carbocycles. The summed E-state index contributed by atoms with van der Waals surface area (Å²) < 4.78 is 10.5. The molecule has 0 aliphatic rings. The topological polar surface area (TPSA) is 35.5 Å². The van der Waals surface area contributed by atoms with Gasteiger partial charge in [-0.25, -0.2) is 4.79 Å². The Morgan fingerprint density at radius 3 is 2.64 bits per heavy atom. The molecule has 0 fully saturated rings. The van der Waals surface area contributed by atoms with E-state index < -0.39 is 18.8 Å². The highest BCUT2D eigenvalue weighted by Gasteiger charge is 2.04. The highest BCUT2D eigenvalue weighted by molar-refractivity contribution is 6.57. The van der Waals surface area contributed by atoms with Gasteiger partial charge in [0, 0.05) is 5.57 Å². The molecule has 82 valence electrons. The zero-order valence-electron chi connectivity index (χ0n) is 9.50. The predicted molar refractivity (Wildman–Crippen MR) is 63.5 cm³/mol. The van der Waals surface area contributed by atoms with Crippen molar-refractivity contribution in [1.82, 2.24) is 0 Å². The van der Waals surface area contributed by atoms with Crippen LogP contribution < -0.4 is 0 Å². The van der Waals surface area contributed by atoms with E-state index in [4.69, 9.17) is 8.85 Å². The maximum absolute atomic E-state index is 11.3. The zero-order chi connectivity index (χ0) is 11.0. The fourth-order valence-electron chi connectivity index (χ4n) is 0.757. The van der Waals surface area contributed by atoms with E-state index in [-0.39, 0.29) is 5.97 Å². The first-order chi connectivity index (χ1) is 6.57. The second-order valence-electron chi connectivity index (χ2n) is 3.41. The third-order valence-electron chi connectivity index (χ3n) is 1.58. The van der Waals surface area contributed by atoms with Gasteiger partial charge < -0.3 is 8.85 Å². The van der Waals surface area contributed by atoms with Crippen LogP contribution in [0.3, 0.4) is 0 Å². The van der Waals surface area contributed by atoms with Gasteiger partial charge in [0.1, 0.15) is 0 Å². The third kappa shape index (κ3) is 7.05. The van der Waals surface area contributed by atoms with Crippen LogP contribution in [0.25, 0.3) is 0 Å². The van der Waals surface area contributed by atoms with Crippen LogP contribution in [-0.2, 0) is 13.6 Å². The van der Waals surface area contributed by atoms with Gasteiger partial charge in [0.25, 0.3) is 0 Å². The summed E-state index contributed by atoms with van der Waals surface area (Å²) in [4.78, 5) is 11.3. The molecule has 0 aromatic carbocycles. The molecule has 0 spiro atoms. The van der Waals surface area contributed by atoms with Gasteiger partial charge in [-0.3, -0.25) is 0 Å². The van der Waals surface area contributed by atoms with Crippen molar-refractivity contribution >= 4 is 24.8 Å². The lowest BCUT2D eigenvalue weighted by molar-refractivity contribution is -0.138. The molecule has 3 nitrogen and oxygen atoms in total. The molecule has 0 aromatic rings. The van der Waals surface area contributed by atoms with Crippen molar-refractivity contribution in [1.29, 1.82) is 0 Å². The standard InChI is InChI=1S/C9H20O3Si2/c1-5-6-11-9(10)8(2)7-13-12-14(3)4/h7,14H,5-6,13H2,1-4H3. The van der Waals surface area contributed by atoms with Crippen molar-refractivity contribution in [2.75, 3.05) is 6.61 Å². The average Bonchev–Trinajstić information content (AvgIpc) is 2.13. The largest absolute Gasteiger partial charge is 0.462 e. The summed E-state index contributed by atoms with van der Waals surface area (Å²) in [6.07, 6.45) is 0.867. The van der Waals surface area contributed by atoms with Crippen LogP contribution in [0.4, 0.5) is 0 Å². The second kappa shape index (κ2) is 7.96. The Hall–Kier alpha value is -0.396. The summed E-state index contributed by atoms with van der Waals surface area (Å²) in [5.41, 5.74) is 2.62. The Kier molecular flexibility index (Phi) is 7.73. The van der Waals surface area contributed by atoms with E-state index >= 15 is 0 Å². The molecule has 0 atom stereocenters. The molecule has 0 amide bonds. The Morgan fingerprint density at radius 1 is 1.50 bits per heavy atom. The van der Waals surface area contributed by atoms with Gasteiger partial charge in [0.15, 0.2) is 18.8 Å². The minimum absolute atomic E-state index is 0.201. The van der Waals surface area contributed by atoms with Gasteiger partial charge in [-0.05, 0) is 26.4 Å². The molecule has 0 aliphatic heterocycles. The number of carbonyl (C=O) groups excluding carboxylic acids is 1. The summed E-state index contributed by atoms with van der Waals surface area (Å²) in [7, 11) is -1.57. The smallest absolute Gasteiger partial charge is 0.333 e. The molecule has 5 heteroatoms. The molecule has 0 aromatic heterocycles. The van der Waals surface area contributed by atoms with E-state index in [1.54, 1.807) is 6.92 Å². The minimum atomic E-state index is -0.918. The Bertz CT molecular complexity index is 202. The van der Waals surface area contributed by atoms with Gasteiger partial charge in [0.05, 0.1) is 6.61 Å². The van der Waals surface area contributed by atoms with Crippen LogP contribution in [0.5, 0.6) is 0 Å². The van der Waals surface area contributed by atoms with Gasteiger partial charge in [0.2, 0.25) is 0 Å². The number of hydrogen-bond acceptors (Lipinski definition) is 3. The summed E-state index contributed by atoms with van der Waals surface area (Å²) in [5, 5.41) is 0. The van der Waals surface area contributed by atoms with Crippen LogP contribution in [0.15, 0.2) is 11.3 Å². The maximum atomic E-state index is 11.3. The van der Waals surface area contributed by atoms with Crippen LogP contribution in [0.1, 0.15) is 20.3 Å². The first-order valence-corrected chi connectivity index (χ1v) is 9.20. The van der Waals surface area contributed by atoms with Crippen LogP contribution in [0.2, 0.25) is 13.1 Å². The molecular weight excluding hydrogens is 212 g/mol. The van der Waals surface area contributed by atoms with Crippen molar-refractivity contribution in [3.63, 3.8) is 0 Å². The van der Waals surface area contributed by atoms with E-state index in [1.807, 2.05) is 12.6 Å². The minimum Gasteiger partial charge on any atom is -0.462 e. The quantitative estimate of drug-likeness (QED) is 0.388. The first-order valence-electron chi connectivity index (χ1n) is 5.03. The predicted octanol–water partition coefficient (Wildman–Crippen LogP) is 0.927. The summed E-state index contributed by atoms with van der Waals surface area (Å²) in [6.45, 7) is 8.54. The van der Waals surface area contributed by atoms with Gasteiger partial charge in [-0.15, -0.1) is 0 Å². The van der Waals surface area contributed by atoms with E-state index in [9.17, 15) is 4.79 Å². The number of hydrogen-bond donors (Lipinski definition) is 0. The molecule has 0 saturated heterocycles. The lowest BCUT2D eigenvalue weighted by atomic mass is 10.4. The lowest BCUT2D eigenvalue weighted by Gasteiger charge is -2.05. The SMILES string of the molecule is CCCOC(=O)C(C)=C[SiH2]O[SiH](C)C. The Morgan fingerprint density at radius 2 is 2.14 bits per heavy atom. The van der Waals surface area contributed by atoms with Gasteiger partial charge in [-0.2, -0.15) is 0 Å². The van der Waals surface area contributed by atoms with E-state index in [0.717, 1.165) is 6.42 Å². The van der Waals surface area contributed by atoms with Crippen molar-refractivity contribution < 1.29 is 13.6 Å². The summed E-state index contributed by atoms with van der Waals surface area (Å²) in [5.74, 6) is -0.201. The molecule has 0 aliphatic carbocycles. The molecule has 0 unspecified atom stereocenters. The van der Waals surface area contributed by atoms with Crippen molar-refractivity contribution in [2.45, 2.75) is 33.4 Å². The van der Waals surface area contributed by atoms with Gasteiger partial charge >= 0.3 is 5.97 Å². The van der Waals surface area contributed by atoms with Crippen LogP contribution in [0, 0.1) is 0 Å². The summed E-state index contributed by atoms with van der Waals surface area (Å²) >= 11 is 0. The zero-order valence-corrected chi connectivity index (χ0v) is 12.1. The molecular formula is C9H20O3Si2. The fraction of sp³-hybridized carbons (Fsp3) is 0.667. The lowest BCUT2D eigenvalue weighted by Crippen LogP contribution is -2.12. The fourth-order valence-corrected chi connectivity index (χ4v) is 3.10. The second-order valence-corrected chi connectivity index (χ2v) is 7.58. The Balaban J connectivity index is 3.79. The number of rotatable bonds is 6. The molecule has 0 bridgehead atoms. The number of esters is 1. The number of carbonyl (C=O) groups is 1. The van der Waals surface area contributed by atoms with Crippen molar-refractivity contribution in [3.8, 4) is 0 Å². The summed E-state index contributed by atoms with van der Waals surface area (Å²) in [6, 6.07) is 0.